The minimum atomic E-state index is -0.185. The van der Waals surface area contributed by atoms with E-state index >= 15 is 0 Å². The van der Waals surface area contributed by atoms with Gasteiger partial charge in [-0.1, -0.05) is 32.0 Å². The van der Waals surface area contributed by atoms with Crippen molar-refractivity contribution in [2.75, 3.05) is 18.1 Å². The van der Waals surface area contributed by atoms with Crippen molar-refractivity contribution in [3.8, 4) is 0 Å². The van der Waals surface area contributed by atoms with E-state index in [0.29, 0.717) is 19.4 Å². The molecule has 22 heavy (non-hydrogen) atoms. The number of amides is 1. The summed E-state index contributed by atoms with van der Waals surface area (Å²) in [6, 6.07) is 8.19. The van der Waals surface area contributed by atoms with Crippen LogP contribution in [-0.2, 0) is 19.7 Å². The highest BCUT2D eigenvalue weighted by Crippen LogP contribution is 2.39. The number of rotatable bonds is 2. The van der Waals surface area contributed by atoms with Crippen LogP contribution in [0.4, 0.5) is 5.69 Å². The lowest BCUT2D eigenvalue weighted by Crippen LogP contribution is -2.33. The number of ether oxygens (including phenoxy) is 1. The van der Waals surface area contributed by atoms with E-state index in [9.17, 15) is 9.59 Å². The van der Waals surface area contributed by atoms with Crippen molar-refractivity contribution in [1.29, 1.82) is 0 Å². The first kappa shape index (κ1) is 15.1. The number of hydrogen-bond acceptors (Lipinski definition) is 3. The number of fused-ring (bicyclic) bond motifs is 1. The van der Waals surface area contributed by atoms with E-state index in [1.165, 1.54) is 5.56 Å². The van der Waals surface area contributed by atoms with Gasteiger partial charge in [0, 0.05) is 24.6 Å². The van der Waals surface area contributed by atoms with E-state index in [1.54, 1.807) is 0 Å². The predicted octanol–water partition coefficient (Wildman–Crippen LogP) is 3.04. The molecule has 1 aromatic carbocycles. The molecule has 2 aliphatic rings. The van der Waals surface area contributed by atoms with Gasteiger partial charge in [-0.3, -0.25) is 9.59 Å². The van der Waals surface area contributed by atoms with E-state index in [-0.39, 0.29) is 23.2 Å². The van der Waals surface area contributed by atoms with Gasteiger partial charge in [-0.2, -0.15) is 0 Å². The van der Waals surface area contributed by atoms with Crippen molar-refractivity contribution in [3.63, 3.8) is 0 Å². The Hall–Kier alpha value is -1.84. The van der Waals surface area contributed by atoms with Gasteiger partial charge in [-0.25, -0.2) is 0 Å². The molecule has 1 unspecified atom stereocenters. The highest BCUT2D eigenvalue weighted by atomic mass is 16.5. The lowest BCUT2D eigenvalue weighted by atomic mass is 9.80. The van der Waals surface area contributed by atoms with Crippen LogP contribution in [0.15, 0.2) is 24.3 Å². The molecule has 0 aromatic heterocycles. The second-order valence-electron chi connectivity index (χ2n) is 7.01. The van der Waals surface area contributed by atoms with Gasteiger partial charge >= 0.3 is 5.97 Å². The smallest absolute Gasteiger partial charge is 0.306 e. The Morgan fingerprint density at radius 3 is 2.86 bits per heavy atom. The van der Waals surface area contributed by atoms with Crippen molar-refractivity contribution < 1.29 is 14.3 Å². The molecule has 3 rings (SSSR count). The maximum atomic E-state index is 12.7. The van der Waals surface area contributed by atoms with Crippen molar-refractivity contribution >= 4 is 17.6 Å². The van der Waals surface area contributed by atoms with Crippen LogP contribution in [0, 0.1) is 5.92 Å². The molecule has 1 atom stereocenters. The molecule has 0 radical (unpaired) electrons. The number of hydrogen-bond donors (Lipinski definition) is 0. The van der Waals surface area contributed by atoms with Crippen molar-refractivity contribution in [3.05, 3.63) is 29.8 Å². The standard InChI is InChI=1S/C18H23NO3/c1-18(2)8-5-9-19(15-7-4-3-6-14(15)18)16(20)10-13-11-17(21)22-12-13/h3-4,6-7,13H,5,8-12H2,1-2H3. The summed E-state index contributed by atoms with van der Waals surface area (Å²) < 4.78 is 4.97. The molecule has 1 amide bonds. The third-order valence-electron chi connectivity index (χ3n) is 4.81. The van der Waals surface area contributed by atoms with Crippen LogP contribution < -0.4 is 4.90 Å². The maximum absolute atomic E-state index is 12.7. The van der Waals surface area contributed by atoms with E-state index < -0.39 is 0 Å². The molecule has 0 N–H and O–H groups in total. The summed E-state index contributed by atoms with van der Waals surface area (Å²) in [6.45, 7) is 5.61. The van der Waals surface area contributed by atoms with Crippen LogP contribution >= 0.6 is 0 Å². The lowest BCUT2D eigenvalue weighted by molar-refractivity contribution is -0.138. The van der Waals surface area contributed by atoms with Gasteiger partial charge in [0.15, 0.2) is 0 Å². The highest BCUT2D eigenvalue weighted by molar-refractivity contribution is 5.95. The summed E-state index contributed by atoms with van der Waals surface area (Å²) >= 11 is 0. The Morgan fingerprint density at radius 2 is 2.14 bits per heavy atom. The molecular formula is C18H23NO3. The van der Waals surface area contributed by atoms with Gasteiger partial charge in [0.1, 0.15) is 0 Å². The molecule has 1 fully saturated rings. The number of esters is 1. The van der Waals surface area contributed by atoms with Crippen LogP contribution in [0.25, 0.3) is 0 Å². The summed E-state index contributed by atoms with van der Waals surface area (Å²) in [5.74, 6) is -0.0490. The Bertz CT molecular complexity index is 594. The molecule has 0 bridgehead atoms. The van der Waals surface area contributed by atoms with Crippen molar-refractivity contribution in [2.24, 2.45) is 5.92 Å². The van der Waals surface area contributed by atoms with E-state index in [1.807, 2.05) is 23.1 Å². The molecule has 4 heteroatoms. The minimum absolute atomic E-state index is 0.0309. The van der Waals surface area contributed by atoms with Gasteiger partial charge < -0.3 is 9.64 Å². The van der Waals surface area contributed by atoms with Crippen molar-refractivity contribution in [1.82, 2.24) is 0 Å². The average Bonchev–Trinajstić information content (AvgIpc) is 2.82. The largest absolute Gasteiger partial charge is 0.465 e. The fourth-order valence-corrected chi connectivity index (χ4v) is 3.53. The van der Waals surface area contributed by atoms with Crippen LogP contribution in [0.1, 0.15) is 45.1 Å². The first-order valence-electron chi connectivity index (χ1n) is 8.03. The zero-order valence-corrected chi connectivity index (χ0v) is 13.3. The Morgan fingerprint density at radius 1 is 1.36 bits per heavy atom. The molecule has 0 aliphatic carbocycles. The van der Waals surface area contributed by atoms with Gasteiger partial charge in [0.25, 0.3) is 0 Å². The normalized spacial score (nSPS) is 23.6. The summed E-state index contributed by atoms with van der Waals surface area (Å²) in [7, 11) is 0. The second-order valence-corrected chi connectivity index (χ2v) is 7.01. The van der Waals surface area contributed by atoms with Crippen molar-refractivity contribution in [2.45, 2.75) is 44.9 Å². The Labute approximate surface area is 131 Å². The number of anilines is 1. The third-order valence-corrected chi connectivity index (χ3v) is 4.81. The minimum Gasteiger partial charge on any atom is -0.465 e. The highest BCUT2D eigenvalue weighted by Gasteiger charge is 2.33. The summed E-state index contributed by atoms with van der Waals surface area (Å²) in [4.78, 5) is 25.9. The average molecular weight is 301 g/mol. The van der Waals surface area contributed by atoms with E-state index in [4.69, 9.17) is 4.74 Å². The van der Waals surface area contributed by atoms with Crippen LogP contribution in [0.5, 0.6) is 0 Å². The van der Waals surface area contributed by atoms with E-state index in [2.05, 4.69) is 19.9 Å². The molecule has 4 nitrogen and oxygen atoms in total. The molecule has 1 saturated heterocycles. The topological polar surface area (TPSA) is 46.6 Å². The number of carbonyl (C=O) groups excluding carboxylic acids is 2. The molecule has 0 saturated carbocycles. The maximum Gasteiger partial charge on any atom is 0.306 e. The summed E-state index contributed by atoms with van der Waals surface area (Å²) in [5.41, 5.74) is 2.35. The molecule has 2 aliphatic heterocycles. The molecule has 0 spiro atoms. The fraction of sp³-hybridized carbons (Fsp3) is 0.556. The Kier molecular flexibility index (Phi) is 3.94. The monoisotopic (exact) mass is 301 g/mol. The quantitative estimate of drug-likeness (QED) is 0.789. The first-order valence-corrected chi connectivity index (χ1v) is 8.03. The molecular weight excluding hydrogens is 278 g/mol. The fourth-order valence-electron chi connectivity index (χ4n) is 3.53. The van der Waals surface area contributed by atoms with Gasteiger partial charge in [-0.05, 0) is 29.9 Å². The summed E-state index contributed by atoms with van der Waals surface area (Å²) in [6.07, 6.45) is 2.82. The number of carbonyl (C=O) groups is 2. The SMILES string of the molecule is CC1(C)CCCN(C(=O)CC2COC(=O)C2)c2ccccc21. The van der Waals surface area contributed by atoms with Gasteiger partial charge in [0.05, 0.1) is 13.0 Å². The molecule has 118 valence electrons. The second kappa shape index (κ2) is 5.75. The molecule has 2 heterocycles. The van der Waals surface area contributed by atoms with Gasteiger partial charge in [0.2, 0.25) is 5.91 Å². The number of cyclic esters (lactones) is 1. The first-order chi connectivity index (χ1) is 10.5. The third kappa shape index (κ3) is 2.87. The van der Waals surface area contributed by atoms with Crippen LogP contribution in [-0.4, -0.2) is 25.0 Å². The lowest BCUT2D eigenvalue weighted by Gasteiger charge is -2.28. The zero-order chi connectivity index (χ0) is 15.7. The Balaban J connectivity index is 1.83. The molecule has 1 aromatic rings. The van der Waals surface area contributed by atoms with Crippen LogP contribution in [0.3, 0.4) is 0 Å². The van der Waals surface area contributed by atoms with E-state index in [0.717, 1.165) is 25.1 Å². The zero-order valence-electron chi connectivity index (χ0n) is 13.3. The number of benzene rings is 1. The number of para-hydroxylation sites is 1. The van der Waals surface area contributed by atoms with Crippen LogP contribution in [0.2, 0.25) is 0 Å². The summed E-state index contributed by atoms with van der Waals surface area (Å²) in [5, 5.41) is 0. The van der Waals surface area contributed by atoms with Gasteiger partial charge in [-0.15, -0.1) is 0 Å². The predicted molar refractivity (Wildman–Crippen MR) is 84.7 cm³/mol. The number of nitrogens with zero attached hydrogens (tertiary/aromatic N) is 1.